The van der Waals surface area contributed by atoms with E-state index in [0.29, 0.717) is 5.95 Å². The van der Waals surface area contributed by atoms with Crippen molar-refractivity contribution in [2.24, 2.45) is 0 Å². The number of benzene rings is 1. The van der Waals surface area contributed by atoms with Gasteiger partial charge in [0.1, 0.15) is 0 Å². The van der Waals surface area contributed by atoms with Crippen LogP contribution in [0.15, 0.2) is 18.2 Å². The third-order valence-electron chi connectivity index (χ3n) is 3.16. The van der Waals surface area contributed by atoms with E-state index in [-0.39, 0.29) is 5.54 Å². The molecule has 0 atom stereocenters. The third kappa shape index (κ3) is 1.23. The molecule has 2 aromatic rings. The fourth-order valence-corrected chi connectivity index (χ4v) is 2.21. The van der Waals surface area contributed by atoms with E-state index in [1.54, 1.807) is 0 Å². The van der Waals surface area contributed by atoms with Gasteiger partial charge in [-0.2, -0.15) is 0 Å². The third-order valence-corrected chi connectivity index (χ3v) is 3.39. The lowest BCUT2D eigenvalue weighted by Crippen LogP contribution is -2.14. The fourth-order valence-electron chi connectivity index (χ4n) is 2.04. The molecular formula is C11H12ClN3. The Hall–Kier alpha value is -1.22. The monoisotopic (exact) mass is 221 g/mol. The van der Waals surface area contributed by atoms with Gasteiger partial charge in [-0.3, -0.25) is 0 Å². The highest BCUT2D eigenvalue weighted by Gasteiger charge is 2.41. The summed E-state index contributed by atoms with van der Waals surface area (Å²) >= 11 is 5.99. The number of imidazole rings is 1. The van der Waals surface area contributed by atoms with Crippen LogP contribution in [0.3, 0.4) is 0 Å². The molecule has 1 aromatic heterocycles. The van der Waals surface area contributed by atoms with E-state index in [1.807, 2.05) is 18.2 Å². The summed E-state index contributed by atoms with van der Waals surface area (Å²) in [4.78, 5) is 4.34. The Labute approximate surface area is 92.8 Å². The molecule has 3 rings (SSSR count). The Bertz CT molecular complexity index is 540. The van der Waals surface area contributed by atoms with Gasteiger partial charge in [0.2, 0.25) is 5.95 Å². The number of fused-ring (bicyclic) bond motifs is 1. The standard InChI is InChI=1S/C11H12ClN3/c1-11(4-5-11)15-9-6-7(12)2-3-8(9)14-10(15)13/h2-3,6H,4-5H2,1H3,(H2,13,14). The molecule has 1 heterocycles. The Kier molecular flexibility index (Phi) is 1.61. The molecule has 0 unspecified atom stereocenters. The molecule has 0 amide bonds. The van der Waals surface area contributed by atoms with Gasteiger partial charge in [-0.25, -0.2) is 4.98 Å². The lowest BCUT2D eigenvalue weighted by molar-refractivity contribution is 0.557. The van der Waals surface area contributed by atoms with Gasteiger partial charge in [-0.05, 0) is 38.0 Å². The number of hydrogen-bond acceptors (Lipinski definition) is 2. The summed E-state index contributed by atoms with van der Waals surface area (Å²) in [7, 11) is 0. The smallest absolute Gasteiger partial charge is 0.201 e. The maximum atomic E-state index is 5.99. The van der Waals surface area contributed by atoms with Crippen LogP contribution >= 0.6 is 11.6 Å². The van der Waals surface area contributed by atoms with E-state index in [9.17, 15) is 0 Å². The molecule has 0 bridgehead atoms. The van der Waals surface area contributed by atoms with Gasteiger partial charge in [-0.1, -0.05) is 11.6 Å². The first-order valence-corrected chi connectivity index (χ1v) is 5.42. The Balaban J connectivity index is 2.35. The highest BCUT2D eigenvalue weighted by molar-refractivity contribution is 6.31. The first kappa shape index (κ1) is 9.04. The van der Waals surface area contributed by atoms with Crippen LogP contribution in [0.25, 0.3) is 11.0 Å². The predicted molar refractivity (Wildman–Crippen MR) is 62.0 cm³/mol. The van der Waals surface area contributed by atoms with Crippen LogP contribution in [-0.4, -0.2) is 9.55 Å². The molecule has 0 aliphatic heterocycles. The van der Waals surface area contributed by atoms with Crippen molar-refractivity contribution >= 4 is 28.6 Å². The molecule has 1 aromatic carbocycles. The van der Waals surface area contributed by atoms with Crippen LogP contribution in [0.5, 0.6) is 0 Å². The second kappa shape index (κ2) is 2.67. The first-order chi connectivity index (χ1) is 7.10. The van der Waals surface area contributed by atoms with Crippen LogP contribution in [0, 0.1) is 0 Å². The van der Waals surface area contributed by atoms with Crippen LogP contribution in [0.1, 0.15) is 19.8 Å². The zero-order valence-corrected chi connectivity index (χ0v) is 9.25. The SMILES string of the molecule is CC1(n2c(N)nc3ccc(Cl)cc32)CC1. The number of halogens is 1. The molecule has 1 saturated carbocycles. The van der Waals surface area contributed by atoms with E-state index >= 15 is 0 Å². The second-order valence-electron chi connectivity index (χ2n) is 4.44. The van der Waals surface area contributed by atoms with Crippen molar-refractivity contribution in [2.75, 3.05) is 5.73 Å². The minimum absolute atomic E-state index is 0.156. The van der Waals surface area contributed by atoms with Gasteiger partial charge in [0, 0.05) is 10.6 Å². The van der Waals surface area contributed by atoms with Crippen LogP contribution < -0.4 is 5.73 Å². The quantitative estimate of drug-likeness (QED) is 0.805. The van der Waals surface area contributed by atoms with E-state index in [4.69, 9.17) is 17.3 Å². The van der Waals surface area contributed by atoms with Crippen molar-refractivity contribution < 1.29 is 0 Å². The summed E-state index contributed by atoms with van der Waals surface area (Å²) < 4.78 is 2.11. The van der Waals surface area contributed by atoms with Crippen molar-refractivity contribution in [3.8, 4) is 0 Å². The summed E-state index contributed by atoms with van der Waals surface area (Å²) in [5, 5.41) is 0.730. The molecule has 1 aliphatic carbocycles. The number of rotatable bonds is 1. The Morgan fingerprint density at radius 1 is 1.47 bits per heavy atom. The average molecular weight is 222 g/mol. The summed E-state index contributed by atoms with van der Waals surface area (Å²) in [5.41, 5.74) is 8.06. The number of nitrogens with zero attached hydrogens (tertiary/aromatic N) is 2. The minimum Gasteiger partial charge on any atom is -0.369 e. The van der Waals surface area contributed by atoms with E-state index in [2.05, 4.69) is 16.5 Å². The van der Waals surface area contributed by atoms with Gasteiger partial charge in [0.05, 0.1) is 11.0 Å². The summed E-state index contributed by atoms with van der Waals surface area (Å²) in [5.74, 6) is 0.590. The number of nitrogens with two attached hydrogens (primary N) is 1. The summed E-state index contributed by atoms with van der Waals surface area (Å²) in [6, 6.07) is 5.69. The predicted octanol–water partition coefficient (Wildman–Crippen LogP) is 2.78. The van der Waals surface area contributed by atoms with E-state index < -0.39 is 0 Å². The van der Waals surface area contributed by atoms with Crippen molar-refractivity contribution in [3.63, 3.8) is 0 Å². The summed E-state index contributed by atoms with van der Waals surface area (Å²) in [6.45, 7) is 2.20. The van der Waals surface area contributed by atoms with Crippen LogP contribution in [-0.2, 0) is 5.54 Å². The number of aromatic nitrogens is 2. The number of nitrogen functional groups attached to an aromatic ring is 1. The van der Waals surface area contributed by atoms with Crippen molar-refractivity contribution in [2.45, 2.75) is 25.3 Å². The molecule has 4 heteroatoms. The fraction of sp³-hybridized carbons (Fsp3) is 0.364. The summed E-state index contributed by atoms with van der Waals surface area (Å²) in [6.07, 6.45) is 2.32. The zero-order valence-electron chi connectivity index (χ0n) is 8.50. The van der Waals surface area contributed by atoms with Crippen molar-refractivity contribution in [1.29, 1.82) is 0 Å². The van der Waals surface area contributed by atoms with Gasteiger partial charge in [0.25, 0.3) is 0 Å². The van der Waals surface area contributed by atoms with Crippen molar-refractivity contribution in [1.82, 2.24) is 9.55 Å². The zero-order chi connectivity index (χ0) is 10.6. The lowest BCUT2D eigenvalue weighted by Gasteiger charge is -2.13. The molecule has 78 valence electrons. The van der Waals surface area contributed by atoms with Gasteiger partial charge >= 0.3 is 0 Å². The second-order valence-corrected chi connectivity index (χ2v) is 4.87. The maximum absolute atomic E-state index is 5.99. The molecule has 3 nitrogen and oxygen atoms in total. The Morgan fingerprint density at radius 2 is 2.20 bits per heavy atom. The topological polar surface area (TPSA) is 43.8 Å². The molecular weight excluding hydrogens is 210 g/mol. The highest BCUT2D eigenvalue weighted by Crippen LogP contribution is 2.46. The molecule has 0 radical (unpaired) electrons. The minimum atomic E-state index is 0.156. The van der Waals surface area contributed by atoms with Gasteiger partial charge < -0.3 is 10.3 Å². The van der Waals surface area contributed by atoms with Crippen molar-refractivity contribution in [3.05, 3.63) is 23.2 Å². The largest absolute Gasteiger partial charge is 0.369 e. The highest BCUT2D eigenvalue weighted by atomic mass is 35.5. The molecule has 1 aliphatic rings. The molecule has 2 N–H and O–H groups in total. The Morgan fingerprint density at radius 3 is 2.87 bits per heavy atom. The van der Waals surface area contributed by atoms with Gasteiger partial charge in [0.15, 0.2) is 0 Å². The van der Waals surface area contributed by atoms with E-state index in [1.165, 1.54) is 0 Å². The van der Waals surface area contributed by atoms with Crippen LogP contribution in [0.4, 0.5) is 5.95 Å². The molecule has 15 heavy (non-hydrogen) atoms. The maximum Gasteiger partial charge on any atom is 0.201 e. The first-order valence-electron chi connectivity index (χ1n) is 5.04. The van der Waals surface area contributed by atoms with Gasteiger partial charge in [-0.15, -0.1) is 0 Å². The normalized spacial score (nSPS) is 18.3. The molecule has 1 fully saturated rings. The number of hydrogen-bond donors (Lipinski definition) is 1. The lowest BCUT2D eigenvalue weighted by atomic mass is 10.2. The van der Waals surface area contributed by atoms with E-state index in [0.717, 1.165) is 28.9 Å². The molecule has 0 spiro atoms. The number of anilines is 1. The van der Waals surface area contributed by atoms with Crippen LogP contribution in [0.2, 0.25) is 5.02 Å². The molecule has 0 saturated heterocycles. The average Bonchev–Trinajstić information content (AvgIpc) is 2.80.